The molecule has 7 nitrogen and oxygen atoms in total. The fourth-order valence-electron chi connectivity index (χ4n) is 1.46. The second kappa shape index (κ2) is 7.68. The van der Waals surface area contributed by atoms with Crippen molar-refractivity contribution in [3.05, 3.63) is 5.69 Å². The summed E-state index contributed by atoms with van der Waals surface area (Å²) in [5, 5.41) is 5.72. The Labute approximate surface area is 138 Å². The van der Waals surface area contributed by atoms with E-state index in [9.17, 15) is 9.59 Å². The van der Waals surface area contributed by atoms with Gasteiger partial charge in [0.25, 0.3) is 5.91 Å². The van der Waals surface area contributed by atoms with E-state index in [0.717, 1.165) is 4.34 Å². The Morgan fingerprint density at radius 3 is 2.59 bits per heavy atom. The zero-order valence-electron chi connectivity index (χ0n) is 13.4. The third-order valence-corrected chi connectivity index (χ3v) is 4.22. The number of nitrogen functional groups attached to an aromatic ring is 1. The number of nitrogens with two attached hydrogens (primary N) is 1. The molecule has 0 radical (unpaired) electrons. The molecule has 0 spiro atoms. The molecule has 0 aliphatic carbocycles. The summed E-state index contributed by atoms with van der Waals surface area (Å²) in [4.78, 5) is 27.8. The highest BCUT2D eigenvalue weighted by atomic mass is 32.2. The number of aromatic nitrogens is 1. The fraction of sp³-hybridized carbons (Fsp3) is 0.615. The van der Waals surface area contributed by atoms with Crippen molar-refractivity contribution in [2.75, 3.05) is 18.5 Å². The molecule has 0 saturated carbocycles. The first-order valence-electron chi connectivity index (χ1n) is 6.70. The predicted octanol–water partition coefficient (Wildman–Crippen LogP) is 2.09. The molecule has 0 unspecified atom stereocenters. The average molecular weight is 346 g/mol. The van der Waals surface area contributed by atoms with E-state index in [-0.39, 0.29) is 24.2 Å². The third-order valence-electron chi connectivity index (χ3n) is 2.35. The number of nitrogens with one attached hydrogen (secondary N) is 2. The molecule has 1 atom stereocenters. The van der Waals surface area contributed by atoms with E-state index in [4.69, 9.17) is 10.5 Å². The summed E-state index contributed by atoms with van der Waals surface area (Å²) >= 11 is 2.71. The van der Waals surface area contributed by atoms with Gasteiger partial charge >= 0.3 is 6.09 Å². The monoisotopic (exact) mass is 346 g/mol. The molecule has 1 aromatic heterocycles. The second-order valence-corrected chi connectivity index (χ2v) is 7.74. The zero-order chi connectivity index (χ0) is 16.9. The van der Waals surface area contributed by atoms with Gasteiger partial charge in [-0.2, -0.15) is 0 Å². The lowest BCUT2D eigenvalue weighted by atomic mass is 10.2. The Morgan fingerprint density at radius 1 is 1.45 bits per heavy atom. The number of hydrogen-bond acceptors (Lipinski definition) is 7. The van der Waals surface area contributed by atoms with Gasteiger partial charge in [-0.05, 0) is 34.0 Å². The molecule has 124 valence electrons. The van der Waals surface area contributed by atoms with Gasteiger partial charge in [0.1, 0.15) is 10.6 Å². The Hall–Kier alpha value is -1.48. The van der Waals surface area contributed by atoms with Crippen LogP contribution in [0.5, 0.6) is 0 Å². The van der Waals surface area contributed by atoms with Crippen molar-refractivity contribution in [2.45, 2.75) is 43.7 Å². The minimum atomic E-state index is -0.556. The molecule has 0 fully saturated rings. The van der Waals surface area contributed by atoms with Gasteiger partial charge in [-0.3, -0.25) is 4.79 Å². The summed E-state index contributed by atoms with van der Waals surface area (Å²) in [6.07, 6.45) is 1.35. The van der Waals surface area contributed by atoms with Gasteiger partial charge in [-0.15, -0.1) is 0 Å². The number of carbonyl (C=O) groups excluding carboxylic acids is 2. The molecule has 0 aliphatic heterocycles. The molecule has 0 saturated heterocycles. The van der Waals surface area contributed by atoms with Gasteiger partial charge in [0, 0.05) is 12.6 Å². The number of rotatable bonds is 5. The van der Waals surface area contributed by atoms with Crippen LogP contribution in [0.15, 0.2) is 4.34 Å². The predicted molar refractivity (Wildman–Crippen MR) is 89.5 cm³/mol. The van der Waals surface area contributed by atoms with Crippen LogP contribution in [0.1, 0.15) is 38.2 Å². The van der Waals surface area contributed by atoms with E-state index in [1.54, 1.807) is 27.7 Å². The molecule has 4 N–H and O–H groups in total. The average Bonchev–Trinajstić information content (AvgIpc) is 2.76. The zero-order valence-corrected chi connectivity index (χ0v) is 15.0. The van der Waals surface area contributed by atoms with Crippen molar-refractivity contribution in [3.63, 3.8) is 0 Å². The molecule has 0 aromatic carbocycles. The van der Waals surface area contributed by atoms with Crippen molar-refractivity contribution in [3.8, 4) is 0 Å². The van der Waals surface area contributed by atoms with Crippen molar-refractivity contribution in [1.29, 1.82) is 0 Å². The highest BCUT2D eigenvalue weighted by molar-refractivity contribution is 8.00. The molecule has 1 heterocycles. The number of thiazole rings is 1. The van der Waals surface area contributed by atoms with Crippen LogP contribution in [0.25, 0.3) is 0 Å². The van der Waals surface area contributed by atoms with Gasteiger partial charge in [0.2, 0.25) is 0 Å². The molecule has 0 bridgehead atoms. The normalized spacial score (nSPS) is 12.6. The lowest BCUT2D eigenvalue weighted by Crippen LogP contribution is -2.43. The fourth-order valence-corrected chi connectivity index (χ4v) is 2.80. The number of carbonyl (C=O) groups is 2. The largest absolute Gasteiger partial charge is 0.444 e. The van der Waals surface area contributed by atoms with E-state index in [1.807, 2.05) is 6.26 Å². The number of ether oxygens (including phenoxy) is 1. The highest BCUT2D eigenvalue weighted by Gasteiger charge is 2.19. The summed E-state index contributed by atoms with van der Waals surface area (Å²) < 4.78 is 5.86. The summed E-state index contributed by atoms with van der Waals surface area (Å²) in [5.41, 5.74) is 5.44. The van der Waals surface area contributed by atoms with Crippen LogP contribution >= 0.6 is 23.1 Å². The van der Waals surface area contributed by atoms with E-state index in [1.165, 1.54) is 23.1 Å². The first kappa shape index (κ1) is 18.6. The SMILES string of the molecule is CSc1nc(C(=O)N[C@H](C)CNC(=O)OC(C)(C)C)c(N)s1. The van der Waals surface area contributed by atoms with Crippen molar-refractivity contribution >= 4 is 40.1 Å². The molecule has 2 amide bonds. The number of anilines is 1. The van der Waals surface area contributed by atoms with Crippen LogP contribution in [0.4, 0.5) is 9.80 Å². The van der Waals surface area contributed by atoms with Crippen LogP contribution < -0.4 is 16.4 Å². The smallest absolute Gasteiger partial charge is 0.407 e. The van der Waals surface area contributed by atoms with E-state index in [2.05, 4.69) is 15.6 Å². The number of alkyl carbamates (subject to hydrolysis) is 1. The van der Waals surface area contributed by atoms with Crippen molar-refractivity contribution in [2.24, 2.45) is 0 Å². The molecule has 9 heteroatoms. The highest BCUT2D eigenvalue weighted by Crippen LogP contribution is 2.27. The van der Waals surface area contributed by atoms with Crippen LogP contribution in [-0.4, -0.2) is 41.4 Å². The molecule has 1 aromatic rings. The van der Waals surface area contributed by atoms with E-state index in [0.29, 0.717) is 5.00 Å². The summed E-state index contributed by atoms with van der Waals surface area (Å²) in [7, 11) is 0. The minimum Gasteiger partial charge on any atom is -0.444 e. The summed E-state index contributed by atoms with van der Waals surface area (Å²) in [6, 6.07) is -0.279. The summed E-state index contributed by atoms with van der Waals surface area (Å²) in [6.45, 7) is 7.37. The Bertz CT molecular complexity index is 540. The van der Waals surface area contributed by atoms with Gasteiger partial charge in [0.15, 0.2) is 10.0 Å². The van der Waals surface area contributed by atoms with E-state index < -0.39 is 11.7 Å². The minimum absolute atomic E-state index is 0.221. The van der Waals surface area contributed by atoms with E-state index >= 15 is 0 Å². The van der Waals surface area contributed by atoms with Gasteiger partial charge in [-0.1, -0.05) is 23.1 Å². The van der Waals surface area contributed by atoms with Crippen LogP contribution in [0, 0.1) is 0 Å². The lowest BCUT2D eigenvalue weighted by molar-refractivity contribution is 0.0521. The third kappa shape index (κ3) is 6.10. The summed E-state index contributed by atoms with van der Waals surface area (Å²) in [5.74, 6) is -0.354. The van der Waals surface area contributed by atoms with Crippen LogP contribution in [-0.2, 0) is 4.74 Å². The standard InChI is InChI=1S/C13H22N4O3S2/c1-7(6-15-11(19)20-13(2,3)4)16-10(18)8-9(14)22-12(17-8)21-5/h7H,6,14H2,1-5H3,(H,15,19)(H,16,18)/t7-/m1/s1. The lowest BCUT2D eigenvalue weighted by Gasteiger charge is -2.21. The first-order chi connectivity index (χ1) is 10.1. The Balaban J connectivity index is 2.47. The van der Waals surface area contributed by atoms with Crippen LogP contribution in [0.3, 0.4) is 0 Å². The Kier molecular flexibility index (Phi) is 6.48. The molecular weight excluding hydrogens is 324 g/mol. The molecular formula is C13H22N4O3S2. The van der Waals surface area contributed by atoms with Crippen molar-refractivity contribution in [1.82, 2.24) is 15.6 Å². The van der Waals surface area contributed by atoms with Gasteiger partial charge in [-0.25, -0.2) is 9.78 Å². The Morgan fingerprint density at radius 2 is 2.09 bits per heavy atom. The maximum atomic E-state index is 12.1. The number of amides is 2. The molecule has 0 aliphatic rings. The quantitative estimate of drug-likeness (QED) is 0.705. The van der Waals surface area contributed by atoms with Gasteiger partial charge < -0.3 is 21.1 Å². The first-order valence-corrected chi connectivity index (χ1v) is 8.74. The molecule has 1 rings (SSSR count). The van der Waals surface area contributed by atoms with Crippen LogP contribution in [0.2, 0.25) is 0 Å². The second-order valence-electron chi connectivity index (χ2n) is 5.65. The number of hydrogen-bond donors (Lipinski definition) is 3. The molecule has 22 heavy (non-hydrogen) atoms. The number of nitrogens with zero attached hydrogens (tertiary/aromatic N) is 1. The maximum Gasteiger partial charge on any atom is 0.407 e. The number of thioether (sulfide) groups is 1. The van der Waals surface area contributed by atoms with Crippen molar-refractivity contribution < 1.29 is 14.3 Å². The van der Waals surface area contributed by atoms with Gasteiger partial charge in [0.05, 0.1) is 0 Å². The topological polar surface area (TPSA) is 106 Å². The maximum absolute atomic E-state index is 12.1.